The number of rotatable bonds is 1. The maximum atomic E-state index is 10.8. The van der Waals surface area contributed by atoms with E-state index in [2.05, 4.69) is 4.98 Å². The number of nitrogens with zero attached hydrogens (tertiary/aromatic N) is 1. The van der Waals surface area contributed by atoms with Gasteiger partial charge in [-0.2, -0.15) is 0 Å². The van der Waals surface area contributed by atoms with E-state index < -0.39 is 6.10 Å². The topological polar surface area (TPSA) is 42.4 Å². The van der Waals surface area contributed by atoms with Crippen molar-refractivity contribution in [1.29, 1.82) is 0 Å². The summed E-state index contributed by atoms with van der Waals surface area (Å²) in [4.78, 5) is 4.27. The Morgan fingerprint density at radius 2 is 1.95 bits per heavy atom. The molecule has 1 aliphatic rings. The van der Waals surface area contributed by atoms with Crippen LogP contribution >= 0.6 is 11.6 Å². The van der Waals surface area contributed by atoms with Crippen LogP contribution in [0.5, 0.6) is 5.75 Å². The Morgan fingerprint density at radius 3 is 2.82 bits per heavy atom. The smallest absolute Gasteiger partial charge is 0.133 e. The highest BCUT2D eigenvalue weighted by atomic mass is 35.5. The molecular formula is C18H12ClNO2. The van der Waals surface area contributed by atoms with E-state index in [0.717, 1.165) is 16.3 Å². The SMILES string of the molecule is OC1C(c2cc(Cl)ccn2)=COc2ccc3ccccc3c21. The zero-order chi connectivity index (χ0) is 15.1. The first-order valence-corrected chi connectivity index (χ1v) is 7.30. The van der Waals surface area contributed by atoms with Crippen LogP contribution in [0, 0.1) is 0 Å². The highest BCUT2D eigenvalue weighted by Crippen LogP contribution is 2.42. The Balaban J connectivity index is 1.89. The van der Waals surface area contributed by atoms with E-state index in [-0.39, 0.29) is 0 Å². The fourth-order valence-corrected chi connectivity index (χ4v) is 2.93. The summed E-state index contributed by atoms with van der Waals surface area (Å²) in [5, 5.41) is 13.4. The van der Waals surface area contributed by atoms with E-state index in [1.807, 2.05) is 36.4 Å². The normalized spacial score (nSPS) is 16.8. The summed E-state index contributed by atoms with van der Waals surface area (Å²) >= 11 is 6.02. The quantitative estimate of drug-likeness (QED) is 0.726. The van der Waals surface area contributed by atoms with Crippen molar-refractivity contribution in [1.82, 2.24) is 4.98 Å². The fourth-order valence-electron chi connectivity index (χ4n) is 2.77. The lowest BCUT2D eigenvalue weighted by atomic mass is 9.92. The van der Waals surface area contributed by atoms with Crippen LogP contribution < -0.4 is 4.74 Å². The maximum Gasteiger partial charge on any atom is 0.133 e. The molecule has 22 heavy (non-hydrogen) atoms. The first-order valence-electron chi connectivity index (χ1n) is 6.92. The number of benzene rings is 2. The van der Waals surface area contributed by atoms with Crippen molar-refractivity contribution < 1.29 is 9.84 Å². The summed E-state index contributed by atoms with van der Waals surface area (Å²) in [6, 6.07) is 15.2. The van der Waals surface area contributed by atoms with E-state index in [0.29, 0.717) is 22.0 Å². The highest BCUT2D eigenvalue weighted by molar-refractivity contribution is 6.30. The molecule has 1 aliphatic heterocycles. The Morgan fingerprint density at radius 1 is 1.09 bits per heavy atom. The molecule has 0 fully saturated rings. The molecule has 0 aliphatic carbocycles. The number of halogens is 1. The predicted octanol–water partition coefficient (Wildman–Crippen LogP) is 4.36. The van der Waals surface area contributed by atoms with Gasteiger partial charge in [0.05, 0.1) is 12.0 Å². The minimum Gasteiger partial charge on any atom is -0.464 e. The molecule has 3 nitrogen and oxygen atoms in total. The Bertz CT molecular complexity index is 904. The molecule has 1 atom stereocenters. The van der Waals surface area contributed by atoms with Crippen molar-refractivity contribution in [2.45, 2.75) is 6.10 Å². The molecular weight excluding hydrogens is 298 g/mol. The molecule has 0 bridgehead atoms. The van der Waals surface area contributed by atoms with Crippen LogP contribution in [-0.4, -0.2) is 10.1 Å². The molecule has 0 saturated carbocycles. The van der Waals surface area contributed by atoms with Gasteiger partial charge in [0.25, 0.3) is 0 Å². The third kappa shape index (κ3) is 2.06. The number of ether oxygens (including phenoxy) is 1. The van der Waals surface area contributed by atoms with Gasteiger partial charge < -0.3 is 9.84 Å². The van der Waals surface area contributed by atoms with E-state index in [1.54, 1.807) is 24.6 Å². The Hall–Kier alpha value is -2.36. The van der Waals surface area contributed by atoms with Gasteiger partial charge in [-0.25, -0.2) is 0 Å². The summed E-state index contributed by atoms with van der Waals surface area (Å²) in [5.74, 6) is 0.664. The second-order valence-electron chi connectivity index (χ2n) is 5.15. The molecule has 4 rings (SSSR count). The number of aliphatic hydroxyl groups is 1. The van der Waals surface area contributed by atoms with Gasteiger partial charge in [0.1, 0.15) is 11.9 Å². The summed E-state index contributed by atoms with van der Waals surface area (Å²) in [6.07, 6.45) is 2.35. The van der Waals surface area contributed by atoms with Gasteiger partial charge in [0.2, 0.25) is 0 Å². The Kier molecular flexibility index (Phi) is 3.10. The first kappa shape index (κ1) is 13.3. The third-order valence-electron chi connectivity index (χ3n) is 3.83. The van der Waals surface area contributed by atoms with Crippen LogP contribution in [0.1, 0.15) is 17.4 Å². The molecule has 2 heterocycles. The van der Waals surface area contributed by atoms with E-state index >= 15 is 0 Å². The average molecular weight is 310 g/mol. The van der Waals surface area contributed by atoms with Crippen molar-refractivity contribution in [2.24, 2.45) is 0 Å². The fraction of sp³-hybridized carbons (Fsp3) is 0.0556. The molecule has 1 unspecified atom stereocenters. The van der Waals surface area contributed by atoms with Gasteiger partial charge in [-0.05, 0) is 29.0 Å². The zero-order valence-corrected chi connectivity index (χ0v) is 12.3. The maximum absolute atomic E-state index is 10.8. The molecule has 108 valence electrons. The standard InChI is InChI=1S/C18H12ClNO2/c19-12-7-8-20-15(9-12)14-10-22-16-6-5-11-3-1-2-4-13(11)17(16)18(14)21/h1-10,18,21H. The first-order chi connectivity index (χ1) is 10.7. The van der Waals surface area contributed by atoms with Gasteiger partial charge in [-0.15, -0.1) is 0 Å². The van der Waals surface area contributed by atoms with E-state index in [4.69, 9.17) is 16.3 Å². The second-order valence-corrected chi connectivity index (χ2v) is 5.59. The van der Waals surface area contributed by atoms with Crippen molar-refractivity contribution in [2.75, 3.05) is 0 Å². The zero-order valence-electron chi connectivity index (χ0n) is 11.5. The summed E-state index contributed by atoms with van der Waals surface area (Å²) in [5.41, 5.74) is 1.97. The predicted molar refractivity (Wildman–Crippen MR) is 86.8 cm³/mol. The van der Waals surface area contributed by atoms with Crippen molar-refractivity contribution >= 4 is 27.9 Å². The summed E-state index contributed by atoms with van der Waals surface area (Å²) < 4.78 is 5.70. The summed E-state index contributed by atoms with van der Waals surface area (Å²) in [7, 11) is 0. The highest BCUT2D eigenvalue weighted by Gasteiger charge is 2.26. The summed E-state index contributed by atoms with van der Waals surface area (Å²) in [6.45, 7) is 0. The second kappa shape index (κ2) is 5.13. The van der Waals surface area contributed by atoms with Crippen LogP contribution in [0.4, 0.5) is 0 Å². The average Bonchev–Trinajstić information content (AvgIpc) is 2.55. The number of pyridine rings is 1. The molecule has 4 heteroatoms. The third-order valence-corrected chi connectivity index (χ3v) is 4.06. The molecule has 0 saturated heterocycles. The van der Waals surface area contributed by atoms with Gasteiger partial charge in [0, 0.05) is 22.4 Å². The van der Waals surface area contributed by atoms with Crippen LogP contribution in [-0.2, 0) is 0 Å². The van der Waals surface area contributed by atoms with Crippen LogP contribution in [0.15, 0.2) is 61.0 Å². The molecule has 1 N–H and O–H groups in total. The van der Waals surface area contributed by atoms with Crippen molar-refractivity contribution in [3.63, 3.8) is 0 Å². The van der Waals surface area contributed by atoms with Crippen LogP contribution in [0.3, 0.4) is 0 Å². The Labute approximate surface area is 132 Å². The minimum absolute atomic E-state index is 0.571. The lowest BCUT2D eigenvalue weighted by Crippen LogP contribution is -2.11. The molecule has 1 aromatic heterocycles. The van der Waals surface area contributed by atoms with Crippen molar-refractivity contribution in [3.8, 4) is 5.75 Å². The monoisotopic (exact) mass is 309 g/mol. The van der Waals surface area contributed by atoms with E-state index in [1.165, 1.54) is 0 Å². The molecule has 0 radical (unpaired) electrons. The lowest BCUT2D eigenvalue weighted by molar-refractivity contribution is 0.225. The van der Waals surface area contributed by atoms with Gasteiger partial charge in [-0.1, -0.05) is 41.9 Å². The molecule has 0 spiro atoms. The van der Waals surface area contributed by atoms with Gasteiger partial charge >= 0.3 is 0 Å². The number of aliphatic hydroxyl groups excluding tert-OH is 1. The number of fused-ring (bicyclic) bond motifs is 3. The van der Waals surface area contributed by atoms with Gasteiger partial charge in [0.15, 0.2) is 0 Å². The number of hydrogen-bond acceptors (Lipinski definition) is 3. The molecule has 0 amide bonds. The van der Waals surface area contributed by atoms with Crippen LogP contribution in [0.2, 0.25) is 5.02 Å². The molecule has 2 aromatic carbocycles. The van der Waals surface area contributed by atoms with E-state index in [9.17, 15) is 5.11 Å². The van der Waals surface area contributed by atoms with Gasteiger partial charge in [-0.3, -0.25) is 4.98 Å². The largest absolute Gasteiger partial charge is 0.464 e. The lowest BCUT2D eigenvalue weighted by Gasteiger charge is -2.24. The number of aromatic nitrogens is 1. The molecule has 3 aromatic rings. The minimum atomic E-state index is -0.805. The number of hydrogen-bond donors (Lipinski definition) is 1. The van der Waals surface area contributed by atoms with Crippen LogP contribution in [0.25, 0.3) is 16.3 Å². The van der Waals surface area contributed by atoms with Crippen molar-refractivity contribution in [3.05, 3.63) is 77.3 Å².